The van der Waals surface area contributed by atoms with Crippen LogP contribution in [-0.4, -0.2) is 25.4 Å². The fourth-order valence-corrected chi connectivity index (χ4v) is 1.62. The second-order valence-electron chi connectivity index (χ2n) is 3.51. The monoisotopic (exact) mass is 223 g/mol. The molecule has 3 rings (SSSR count). The number of hydrogen-bond acceptors (Lipinski definition) is 4. The van der Waals surface area contributed by atoms with E-state index >= 15 is 0 Å². The summed E-state index contributed by atoms with van der Waals surface area (Å²) in [5, 5.41) is 14.7. The van der Waals surface area contributed by atoms with Gasteiger partial charge in [0, 0.05) is 23.5 Å². The standard InChI is InChI=1S/C12H9N5/c1-2-9(11-4-5-14-16-11)8-10(3-1)12-13-6-7-15-17-12/h1-8H,(H,14,16). The Morgan fingerprint density at radius 1 is 1.00 bits per heavy atom. The number of H-pyrrole nitrogens is 1. The van der Waals surface area contributed by atoms with Crippen LogP contribution in [0.4, 0.5) is 0 Å². The van der Waals surface area contributed by atoms with Crippen molar-refractivity contribution in [3.8, 4) is 22.6 Å². The van der Waals surface area contributed by atoms with Crippen molar-refractivity contribution < 1.29 is 0 Å². The number of rotatable bonds is 2. The molecular formula is C12H9N5. The molecule has 5 heteroatoms. The minimum Gasteiger partial charge on any atom is -0.285 e. The van der Waals surface area contributed by atoms with E-state index in [9.17, 15) is 0 Å². The minimum absolute atomic E-state index is 0.616. The van der Waals surface area contributed by atoms with E-state index in [0.717, 1.165) is 16.8 Å². The summed E-state index contributed by atoms with van der Waals surface area (Å²) in [6.07, 6.45) is 4.98. The molecule has 0 spiro atoms. The Balaban J connectivity index is 2.06. The maximum atomic E-state index is 4.17. The van der Waals surface area contributed by atoms with Gasteiger partial charge in [0.1, 0.15) is 0 Å². The molecule has 5 nitrogen and oxygen atoms in total. The van der Waals surface area contributed by atoms with Gasteiger partial charge < -0.3 is 0 Å². The summed E-state index contributed by atoms with van der Waals surface area (Å²) in [4.78, 5) is 4.17. The molecule has 0 radical (unpaired) electrons. The lowest BCUT2D eigenvalue weighted by molar-refractivity contribution is 0.980. The molecule has 0 atom stereocenters. The SMILES string of the molecule is c1cc(-c2cc[nH]n2)cc(-c2nccnn2)c1. The van der Waals surface area contributed by atoms with Crippen LogP contribution in [0.25, 0.3) is 22.6 Å². The van der Waals surface area contributed by atoms with Gasteiger partial charge in [-0.05, 0) is 12.1 Å². The Morgan fingerprint density at radius 2 is 1.94 bits per heavy atom. The summed E-state index contributed by atoms with van der Waals surface area (Å²) < 4.78 is 0. The normalized spacial score (nSPS) is 10.4. The van der Waals surface area contributed by atoms with Crippen molar-refractivity contribution in [1.82, 2.24) is 25.4 Å². The van der Waals surface area contributed by atoms with Gasteiger partial charge >= 0.3 is 0 Å². The van der Waals surface area contributed by atoms with Crippen LogP contribution < -0.4 is 0 Å². The second-order valence-corrected chi connectivity index (χ2v) is 3.51. The summed E-state index contributed by atoms with van der Waals surface area (Å²) in [6.45, 7) is 0. The van der Waals surface area contributed by atoms with Crippen LogP contribution in [0, 0.1) is 0 Å². The zero-order valence-corrected chi connectivity index (χ0v) is 8.91. The van der Waals surface area contributed by atoms with Gasteiger partial charge in [-0.15, -0.1) is 5.10 Å². The predicted octanol–water partition coefficient (Wildman–Crippen LogP) is 1.93. The molecule has 0 unspecified atom stereocenters. The van der Waals surface area contributed by atoms with E-state index in [1.807, 2.05) is 30.3 Å². The molecule has 0 aliphatic rings. The van der Waals surface area contributed by atoms with Crippen molar-refractivity contribution in [3.63, 3.8) is 0 Å². The molecule has 0 aliphatic carbocycles. The van der Waals surface area contributed by atoms with Crippen molar-refractivity contribution in [3.05, 3.63) is 48.9 Å². The van der Waals surface area contributed by atoms with E-state index < -0.39 is 0 Å². The molecule has 0 aliphatic heterocycles. The molecule has 0 fully saturated rings. The third-order valence-corrected chi connectivity index (χ3v) is 2.40. The first kappa shape index (κ1) is 9.65. The average Bonchev–Trinajstić information content (AvgIpc) is 2.94. The molecule has 0 saturated heterocycles. The van der Waals surface area contributed by atoms with Crippen LogP contribution in [0.2, 0.25) is 0 Å². The number of nitrogens with zero attached hydrogens (tertiary/aromatic N) is 4. The molecule has 0 saturated carbocycles. The lowest BCUT2D eigenvalue weighted by Crippen LogP contribution is -1.90. The van der Waals surface area contributed by atoms with Crippen molar-refractivity contribution >= 4 is 0 Å². The van der Waals surface area contributed by atoms with Gasteiger partial charge in [-0.25, -0.2) is 4.98 Å². The average molecular weight is 223 g/mol. The molecule has 3 aromatic rings. The van der Waals surface area contributed by atoms with Gasteiger partial charge in [-0.2, -0.15) is 10.2 Å². The van der Waals surface area contributed by atoms with Gasteiger partial charge in [-0.3, -0.25) is 5.10 Å². The first-order valence-corrected chi connectivity index (χ1v) is 5.18. The number of aromatic amines is 1. The molecule has 2 heterocycles. The van der Waals surface area contributed by atoms with Gasteiger partial charge in [0.15, 0.2) is 5.82 Å². The first-order valence-electron chi connectivity index (χ1n) is 5.18. The Labute approximate surface area is 97.6 Å². The Morgan fingerprint density at radius 3 is 2.71 bits per heavy atom. The zero-order chi connectivity index (χ0) is 11.5. The fourth-order valence-electron chi connectivity index (χ4n) is 1.62. The van der Waals surface area contributed by atoms with Crippen molar-refractivity contribution in [1.29, 1.82) is 0 Å². The van der Waals surface area contributed by atoms with Crippen molar-refractivity contribution in [2.24, 2.45) is 0 Å². The van der Waals surface area contributed by atoms with Crippen molar-refractivity contribution in [2.45, 2.75) is 0 Å². The minimum atomic E-state index is 0.616. The molecule has 0 amide bonds. The van der Waals surface area contributed by atoms with Crippen LogP contribution in [0.3, 0.4) is 0 Å². The highest BCUT2D eigenvalue weighted by Gasteiger charge is 2.04. The molecular weight excluding hydrogens is 214 g/mol. The predicted molar refractivity (Wildman–Crippen MR) is 62.8 cm³/mol. The Hall–Kier alpha value is -2.56. The van der Waals surface area contributed by atoms with Gasteiger partial charge in [0.05, 0.1) is 11.9 Å². The van der Waals surface area contributed by atoms with Gasteiger partial charge in [-0.1, -0.05) is 18.2 Å². The second kappa shape index (κ2) is 4.13. The van der Waals surface area contributed by atoms with E-state index in [0.29, 0.717) is 5.82 Å². The largest absolute Gasteiger partial charge is 0.285 e. The van der Waals surface area contributed by atoms with E-state index in [1.54, 1.807) is 18.6 Å². The highest BCUT2D eigenvalue weighted by molar-refractivity contribution is 5.67. The molecule has 2 aromatic heterocycles. The highest BCUT2D eigenvalue weighted by Crippen LogP contribution is 2.21. The molecule has 82 valence electrons. The third kappa shape index (κ3) is 1.90. The van der Waals surface area contributed by atoms with E-state index in [2.05, 4.69) is 25.4 Å². The van der Waals surface area contributed by atoms with Crippen LogP contribution >= 0.6 is 0 Å². The third-order valence-electron chi connectivity index (χ3n) is 2.40. The van der Waals surface area contributed by atoms with Crippen LogP contribution in [0.15, 0.2) is 48.9 Å². The topological polar surface area (TPSA) is 67.3 Å². The van der Waals surface area contributed by atoms with E-state index in [1.165, 1.54) is 0 Å². The number of nitrogens with one attached hydrogen (secondary N) is 1. The maximum absolute atomic E-state index is 4.17. The molecule has 1 aromatic carbocycles. The molecule has 17 heavy (non-hydrogen) atoms. The van der Waals surface area contributed by atoms with E-state index in [4.69, 9.17) is 0 Å². The lowest BCUT2D eigenvalue weighted by Gasteiger charge is -2.01. The number of hydrogen-bond donors (Lipinski definition) is 1. The van der Waals surface area contributed by atoms with Crippen LogP contribution in [0.5, 0.6) is 0 Å². The summed E-state index contributed by atoms with van der Waals surface area (Å²) in [5.41, 5.74) is 2.85. The summed E-state index contributed by atoms with van der Waals surface area (Å²) in [7, 11) is 0. The highest BCUT2D eigenvalue weighted by atomic mass is 15.1. The first-order chi connectivity index (χ1) is 8.43. The van der Waals surface area contributed by atoms with Gasteiger partial charge in [0.25, 0.3) is 0 Å². The summed E-state index contributed by atoms with van der Waals surface area (Å²) >= 11 is 0. The number of aromatic nitrogens is 5. The van der Waals surface area contributed by atoms with Crippen LogP contribution in [0.1, 0.15) is 0 Å². The molecule has 1 N–H and O–H groups in total. The Bertz CT molecular complexity index is 604. The quantitative estimate of drug-likeness (QED) is 0.720. The van der Waals surface area contributed by atoms with Gasteiger partial charge in [0.2, 0.25) is 0 Å². The molecule has 0 bridgehead atoms. The Kier molecular flexibility index (Phi) is 2.34. The smallest absolute Gasteiger partial charge is 0.181 e. The summed E-state index contributed by atoms with van der Waals surface area (Å²) in [6, 6.07) is 9.81. The summed E-state index contributed by atoms with van der Waals surface area (Å²) in [5.74, 6) is 0.616. The lowest BCUT2D eigenvalue weighted by atomic mass is 10.1. The van der Waals surface area contributed by atoms with Crippen molar-refractivity contribution in [2.75, 3.05) is 0 Å². The number of benzene rings is 1. The van der Waals surface area contributed by atoms with E-state index in [-0.39, 0.29) is 0 Å². The zero-order valence-electron chi connectivity index (χ0n) is 8.91. The maximum Gasteiger partial charge on any atom is 0.181 e. The fraction of sp³-hybridized carbons (Fsp3) is 0. The van der Waals surface area contributed by atoms with Crippen LogP contribution in [-0.2, 0) is 0 Å².